The van der Waals surface area contributed by atoms with Crippen molar-refractivity contribution in [2.75, 3.05) is 7.05 Å². The van der Waals surface area contributed by atoms with Crippen LogP contribution in [0.15, 0.2) is 58.6 Å². The van der Waals surface area contributed by atoms with Crippen LogP contribution in [0.25, 0.3) is 0 Å². The number of likely N-dealkylation sites (N-methyl/N-ethyl adjacent to an activating group) is 1. The van der Waals surface area contributed by atoms with Crippen LogP contribution in [-0.4, -0.2) is 53.2 Å². The Bertz CT molecular complexity index is 1040. The van der Waals surface area contributed by atoms with Crippen LogP contribution < -0.4 is 10.7 Å². The van der Waals surface area contributed by atoms with Crippen LogP contribution in [0.2, 0.25) is 5.02 Å². The highest BCUT2D eigenvalue weighted by Gasteiger charge is 2.48. The fourth-order valence-electron chi connectivity index (χ4n) is 3.32. The minimum atomic E-state index is -0.740. The van der Waals surface area contributed by atoms with Crippen molar-refractivity contribution < 1.29 is 14.0 Å². The Morgan fingerprint density at radius 2 is 1.97 bits per heavy atom. The predicted octanol–water partition coefficient (Wildman–Crippen LogP) is 2.15. The number of carbonyl (C=O) groups excluding carboxylic acids is 2. The molecule has 2 aromatic rings. The zero-order valence-electron chi connectivity index (χ0n) is 15.9. The molecule has 2 N–H and O–H groups in total. The first-order valence-corrected chi connectivity index (χ1v) is 9.52. The molecule has 0 spiro atoms. The SMILES string of the molecule is CN1C(=O)NC(=O)C2C1N=C(N/N=C/c1ccccc1Cl)N2Cc1ccc(F)cc1. The average Bonchev–Trinajstić information content (AvgIpc) is 3.08. The van der Waals surface area contributed by atoms with E-state index in [0.717, 1.165) is 5.56 Å². The molecule has 0 bridgehead atoms. The predicted molar refractivity (Wildman–Crippen MR) is 110 cm³/mol. The number of carbonyl (C=O) groups is 2. The molecule has 0 saturated carbocycles. The van der Waals surface area contributed by atoms with Crippen molar-refractivity contribution in [2.24, 2.45) is 10.1 Å². The van der Waals surface area contributed by atoms with Gasteiger partial charge in [0, 0.05) is 24.2 Å². The van der Waals surface area contributed by atoms with Gasteiger partial charge in [-0.3, -0.25) is 10.1 Å². The average molecular weight is 429 g/mol. The summed E-state index contributed by atoms with van der Waals surface area (Å²) in [6.45, 7) is 0.268. The zero-order valence-corrected chi connectivity index (χ0v) is 16.7. The number of nitrogens with zero attached hydrogens (tertiary/aromatic N) is 4. The second-order valence-electron chi connectivity index (χ2n) is 6.86. The van der Waals surface area contributed by atoms with Gasteiger partial charge in [0.05, 0.1) is 6.21 Å². The van der Waals surface area contributed by atoms with E-state index in [1.165, 1.54) is 23.2 Å². The van der Waals surface area contributed by atoms with E-state index in [9.17, 15) is 14.0 Å². The number of hydrogen-bond donors (Lipinski definition) is 2. The number of amides is 3. The minimum absolute atomic E-state index is 0.268. The zero-order chi connectivity index (χ0) is 21.3. The van der Waals surface area contributed by atoms with Gasteiger partial charge in [0.2, 0.25) is 5.96 Å². The lowest BCUT2D eigenvalue weighted by atomic mass is 10.1. The van der Waals surface area contributed by atoms with E-state index < -0.39 is 24.1 Å². The lowest BCUT2D eigenvalue weighted by Gasteiger charge is -2.36. The Morgan fingerprint density at radius 3 is 2.70 bits per heavy atom. The van der Waals surface area contributed by atoms with E-state index in [1.54, 1.807) is 36.2 Å². The first kappa shape index (κ1) is 19.8. The molecule has 2 unspecified atom stereocenters. The van der Waals surface area contributed by atoms with Crippen LogP contribution in [-0.2, 0) is 11.3 Å². The quantitative estimate of drug-likeness (QED) is 0.577. The molecule has 154 valence electrons. The summed E-state index contributed by atoms with van der Waals surface area (Å²) in [7, 11) is 1.56. The maximum atomic E-state index is 13.3. The van der Waals surface area contributed by atoms with Crippen LogP contribution in [0.1, 0.15) is 11.1 Å². The molecule has 2 aliphatic rings. The van der Waals surface area contributed by atoms with Crippen molar-refractivity contribution in [3.63, 3.8) is 0 Å². The van der Waals surface area contributed by atoms with Gasteiger partial charge in [0.15, 0.2) is 12.2 Å². The van der Waals surface area contributed by atoms with E-state index in [2.05, 4.69) is 20.8 Å². The summed E-state index contributed by atoms with van der Waals surface area (Å²) in [5.74, 6) is -0.495. The molecule has 2 aromatic carbocycles. The van der Waals surface area contributed by atoms with Crippen molar-refractivity contribution in [3.05, 3.63) is 70.5 Å². The lowest BCUT2D eigenvalue weighted by molar-refractivity contribution is -0.127. The number of benzene rings is 2. The highest BCUT2D eigenvalue weighted by molar-refractivity contribution is 6.33. The number of halogens is 2. The molecule has 2 aliphatic heterocycles. The van der Waals surface area contributed by atoms with Crippen molar-refractivity contribution in [2.45, 2.75) is 18.8 Å². The number of fused-ring (bicyclic) bond motifs is 1. The van der Waals surface area contributed by atoms with Crippen molar-refractivity contribution in [3.8, 4) is 0 Å². The molecule has 30 heavy (non-hydrogen) atoms. The molecule has 0 radical (unpaired) electrons. The molecular formula is C20H18ClFN6O2. The van der Waals surface area contributed by atoms with Gasteiger partial charge in [-0.15, -0.1) is 0 Å². The topological polar surface area (TPSA) is 89.4 Å². The monoisotopic (exact) mass is 428 g/mol. The Kier molecular flexibility index (Phi) is 5.37. The molecule has 2 atom stereocenters. The van der Waals surface area contributed by atoms with Gasteiger partial charge in [-0.25, -0.2) is 19.6 Å². The molecule has 10 heteroatoms. The van der Waals surface area contributed by atoms with E-state index in [4.69, 9.17) is 11.6 Å². The summed E-state index contributed by atoms with van der Waals surface area (Å²) in [6, 6.07) is 11.9. The number of hydrazone groups is 1. The Hall–Kier alpha value is -3.46. The van der Waals surface area contributed by atoms with Crippen molar-refractivity contribution in [1.29, 1.82) is 0 Å². The van der Waals surface area contributed by atoms with Gasteiger partial charge in [0.1, 0.15) is 5.82 Å². The molecule has 0 aromatic heterocycles. The first-order chi connectivity index (χ1) is 14.4. The summed E-state index contributed by atoms with van der Waals surface area (Å²) >= 11 is 6.13. The Labute approximate surface area is 177 Å². The Morgan fingerprint density at radius 1 is 1.23 bits per heavy atom. The number of guanidine groups is 1. The summed E-state index contributed by atoms with van der Waals surface area (Å²) < 4.78 is 13.3. The van der Waals surface area contributed by atoms with E-state index in [-0.39, 0.29) is 12.4 Å². The number of rotatable bonds is 4. The highest BCUT2D eigenvalue weighted by Crippen LogP contribution is 2.25. The number of urea groups is 1. The van der Waals surface area contributed by atoms with Crippen molar-refractivity contribution >= 4 is 35.7 Å². The van der Waals surface area contributed by atoms with Gasteiger partial charge in [-0.1, -0.05) is 41.9 Å². The van der Waals surface area contributed by atoms with Gasteiger partial charge in [-0.05, 0) is 23.8 Å². The lowest BCUT2D eigenvalue weighted by Crippen LogP contribution is -2.63. The molecule has 0 aliphatic carbocycles. The molecule has 4 rings (SSSR count). The maximum absolute atomic E-state index is 13.3. The van der Waals surface area contributed by atoms with E-state index >= 15 is 0 Å². The smallest absolute Gasteiger partial charge is 0.321 e. The van der Waals surface area contributed by atoms with Gasteiger partial charge >= 0.3 is 6.03 Å². The third-order valence-corrected chi connectivity index (χ3v) is 5.24. The molecular weight excluding hydrogens is 411 g/mol. The fourth-order valence-corrected chi connectivity index (χ4v) is 3.50. The normalized spacial score (nSPS) is 21.0. The second-order valence-corrected chi connectivity index (χ2v) is 7.27. The molecule has 8 nitrogen and oxygen atoms in total. The second kappa shape index (κ2) is 8.11. The summed E-state index contributed by atoms with van der Waals surface area (Å²) in [4.78, 5) is 32.1. The summed E-state index contributed by atoms with van der Waals surface area (Å²) in [5.41, 5.74) is 4.32. The third kappa shape index (κ3) is 3.84. The maximum Gasteiger partial charge on any atom is 0.325 e. The standard InChI is InChI=1S/C20H18ClFN6O2/c1-27-17-16(18(29)25-20(27)30)28(11-12-6-8-14(22)9-7-12)19(24-17)26-23-10-13-4-2-3-5-15(13)21/h2-10,16-17H,11H2,1H3,(H,24,26)(H,25,29,30)/b23-10+. The number of hydrogen-bond acceptors (Lipinski definition) is 6. The summed E-state index contributed by atoms with van der Waals surface area (Å²) in [6.07, 6.45) is 0.836. The highest BCUT2D eigenvalue weighted by atomic mass is 35.5. The molecule has 1 fully saturated rings. The third-order valence-electron chi connectivity index (χ3n) is 4.90. The van der Waals surface area contributed by atoms with E-state index in [0.29, 0.717) is 16.5 Å². The minimum Gasteiger partial charge on any atom is -0.321 e. The van der Waals surface area contributed by atoms with Crippen LogP contribution in [0.4, 0.5) is 9.18 Å². The van der Waals surface area contributed by atoms with Crippen molar-refractivity contribution in [1.82, 2.24) is 20.5 Å². The Balaban J connectivity index is 1.60. The number of aliphatic imine (C=N–C) groups is 1. The van der Waals surface area contributed by atoms with Crippen LogP contribution in [0.3, 0.4) is 0 Å². The van der Waals surface area contributed by atoms with Crippen LogP contribution in [0.5, 0.6) is 0 Å². The summed E-state index contributed by atoms with van der Waals surface area (Å²) in [5, 5.41) is 7.05. The molecule has 2 heterocycles. The van der Waals surface area contributed by atoms with Gasteiger partial charge in [-0.2, -0.15) is 5.10 Å². The number of nitrogens with one attached hydrogen (secondary N) is 2. The van der Waals surface area contributed by atoms with Gasteiger partial charge < -0.3 is 9.80 Å². The first-order valence-electron chi connectivity index (χ1n) is 9.14. The van der Waals surface area contributed by atoms with E-state index in [1.807, 2.05) is 12.1 Å². The largest absolute Gasteiger partial charge is 0.325 e. The number of imide groups is 1. The molecule has 1 saturated heterocycles. The van der Waals surface area contributed by atoms with Gasteiger partial charge in [0.25, 0.3) is 5.91 Å². The molecule has 3 amide bonds. The van der Waals surface area contributed by atoms with Crippen LogP contribution in [0, 0.1) is 5.82 Å². The fraction of sp³-hybridized carbons (Fsp3) is 0.200. The van der Waals surface area contributed by atoms with Crippen LogP contribution >= 0.6 is 11.6 Å².